The molecule has 1 N–H and O–H groups in total. The van der Waals surface area contributed by atoms with E-state index in [0.717, 1.165) is 12.1 Å². The number of amides is 3. The van der Waals surface area contributed by atoms with Crippen molar-refractivity contribution in [3.8, 4) is 5.75 Å². The van der Waals surface area contributed by atoms with E-state index in [-0.39, 0.29) is 18.2 Å². The summed E-state index contributed by atoms with van der Waals surface area (Å²) in [6.07, 6.45) is -0.210. The van der Waals surface area contributed by atoms with Gasteiger partial charge in [-0.05, 0) is 18.2 Å². The lowest BCUT2D eigenvalue weighted by Crippen LogP contribution is -2.37. The molecule has 112 valence electrons. The summed E-state index contributed by atoms with van der Waals surface area (Å²) in [5.74, 6) is -4.35. The molecule has 2 heterocycles. The molecule has 0 saturated carbocycles. The van der Waals surface area contributed by atoms with Crippen LogP contribution < -0.4 is 5.63 Å². The zero-order valence-corrected chi connectivity index (χ0v) is 11.0. The van der Waals surface area contributed by atoms with Gasteiger partial charge in [-0.3, -0.25) is 14.4 Å². The number of phenols is 1. The van der Waals surface area contributed by atoms with E-state index < -0.39 is 46.1 Å². The first-order chi connectivity index (χ1) is 10.4. The van der Waals surface area contributed by atoms with Crippen molar-refractivity contribution in [3.63, 3.8) is 0 Å². The highest BCUT2D eigenvalue weighted by Gasteiger charge is 2.36. The highest BCUT2D eigenvalue weighted by atomic mass is 19.1. The van der Waals surface area contributed by atoms with Gasteiger partial charge in [-0.2, -0.15) is 4.39 Å². The number of phenolic OH excluding ortho intramolecular Hbond substituents is 1. The fraction of sp³-hybridized carbons (Fsp3) is 0.143. The summed E-state index contributed by atoms with van der Waals surface area (Å²) in [5.41, 5.74) is -2.27. The van der Waals surface area contributed by atoms with Gasteiger partial charge >= 0.3 is 5.63 Å². The fourth-order valence-electron chi connectivity index (χ4n) is 2.21. The van der Waals surface area contributed by atoms with Crippen LogP contribution in [0.5, 0.6) is 5.75 Å². The van der Waals surface area contributed by atoms with Crippen molar-refractivity contribution in [1.82, 2.24) is 4.90 Å². The number of imide groups is 3. The summed E-state index contributed by atoms with van der Waals surface area (Å²) in [6, 6.07) is 3.28. The molecule has 1 aromatic carbocycles. The zero-order chi connectivity index (χ0) is 16.0. The van der Waals surface area contributed by atoms with Crippen LogP contribution in [0.2, 0.25) is 0 Å². The Bertz CT molecular complexity index is 884. The number of likely N-dealkylation sites (tertiary alicyclic amines) is 1. The van der Waals surface area contributed by atoms with Gasteiger partial charge < -0.3 is 9.52 Å². The molecule has 0 spiro atoms. The lowest BCUT2D eigenvalue weighted by molar-refractivity contribution is -0.134. The molecule has 7 nitrogen and oxygen atoms in total. The van der Waals surface area contributed by atoms with Crippen molar-refractivity contribution in [2.24, 2.45) is 0 Å². The molecule has 0 unspecified atom stereocenters. The molecule has 3 amide bonds. The lowest BCUT2D eigenvalue weighted by Gasteiger charge is -2.11. The highest BCUT2D eigenvalue weighted by Crippen LogP contribution is 2.25. The maximum absolute atomic E-state index is 13.6. The molecule has 1 aliphatic heterocycles. The molecule has 22 heavy (non-hydrogen) atoms. The van der Waals surface area contributed by atoms with Gasteiger partial charge in [-0.1, -0.05) is 0 Å². The monoisotopic (exact) mass is 305 g/mol. The van der Waals surface area contributed by atoms with E-state index in [0.29, 0.717) is 4.90 Å². The van der Waals surface area contributed by atoms with Crippen LogP contribution in [0.4, 0.5) is 4.39 Å². The summed E-state index contributed by atoms with van der Waals surface area (Å²) in [7, 11) is 0. The molecular formula is C14H8FNO6. The smallest absolute Gasteiger partial charge is 0.349 e. The van der Waals surface area contributed by atoms with Crippen molar-refractivity contribution in [2.45, 2.75) is 12.8 Å². The third kappa shape index (κ3) is 1.96. The minimum Gasteiger partial charge on any atom is -0.505 e. The topological polar surface area (TPSA) is 105 Å². The van der Waals surface area contributed by atoms with E-state index in [1.165, 1.54) is 6.07 Å². The van der Waals surface area contributed by atoms with Crippen LogP contribution in [0.15, 0.2) is 27.4 Å². The maximum Gasteiger partial charge on any atom is 0.349 e. The largest absolute Gasteiger partial charge is 0.505 e. The second-order valence-electron chi connectivity index (χ2n) is 4.69. The molecule has 0 radical (unpaired) electrons. The van der Waals surface area contributed by atoms with Gasteiger partial charge in [0.05, 0.1) is 0 Å². The van der Waals surface area contributed by atoms with Crippen molar-refractivity contribution < 1.29 is 28.3 Å². The van der Waals surface area contributed by atoms with Crippen LogP contribution in [0.25, 0.3) is 11.0 Å². The zero-order valence-electron chi connectivity index (χ0n) is 11.0. The van der Waals surface area contributed by atoms with Gasteiger partial charge in [0, 0.05) is 18.2 Å². The van der Waals surface area contributed by atoms with Crippen LogP contribution in [0, 0.1) is 5.82 Å². The standard InChI is InChI=1S/C14H8FNO6/c15-11-8(17)2-1-6-5-7(14(21)22-12(6)11)13(20)16-9(18)3-4-10(16)19/h1-2,5,17H,3-4H2. The highest BCUT2D eigenvalue weighted by molar-refractivity contribution is 6.19. The van der Waals surface area contributed by atoms with E-state index in [1.807, 2.05) is 0 Å². The number of benzene rings is 1. The molecule has 8 heteroatoms. The van der Waals surface area contributed by atoms with Crippen LogP contribution in [-0.4, -0.2) is 27.7 Å². The van der Waals surface area contributed by atoms with Crippen LogP contribution in [0.3, 0.4) is 0 Å². The predicted molar refractivity (Wildman–Crippen MR) is 69.5 cm³/mol. The minimum atomic E-state index is -1.20. The van der Waals surface area contributed by atoms with Crippen LogP contribution in [0.1, 0.15) is 23.2 Å². The normalized spacial score (nSPS) is 14.9. The molecule has 0 atom stereocenters. The SMILES string of the molecule is O=C1CCC(=O)N1C(=O)c1cc2ccc(O)c(F)c2oc1=O. The van der Waals surface area contributed by atoms with Crippen molar-refractivity contribution >= 4 is 28.7 Å². The summed E-state index contributed by atoms with van der Waals surface area (Å²) in [4.78, 5) is 47.4. The first-order valence-electron chi connectivity index (χ1n) is 6.25. The molecular weight excluding hydrogens is 297 g/mol. The van der Waals surface area contributed by atoms with Crippen molar-refractivity contribution in [1.29, 1.82) is 0 Å². The second kappa shape index (κ2) is 4.76. The van der Waals surface area contributed by atoms with Gasteiger partial charge in [-0.15, -0.1) is 0 Å². The number of rotatable bonds is 1. The van der Waals surface area contributed by atoms with E-state index >= 15 is 0 Å². The van der Waals surface area contributed by atoms with Gasteiger partial charge in [-0.25, -0.2) is 9.69 Å². The summed E-state index contributed by atoms with van der Waals surface area (Å²) in [5, 5.41) is 9.27. The van der Waals surface area contributed by atoms with Gasteiger partial charge in [0.1, 0.15) is 5.56 Å². The number of aromatic hydroxyl groups is 1. The van der Waals surface area contributed by atoms with Crippen LogP contribution in [-0.2, 0) is 9.59 Å². The quantitative estimate of drug-likeness (QED) is 0.620. The van der Waals surface area contributed by atoms with Gasteiger partial charge in [0.15, 0.2) is 11.3 Å². The first kappa shape index (κ1) is 13.9. The number of carbonyl (C=O) groups excluding carboxylic acids is 3. The number of halogens is 1. The maximum atomic E-state index is 13.6. The Balaban J connectivity index is 2.16. The molecule has 1 aliphatic rings. The molecule has 1 fully saturated rings. The van der Waals surface area contributed by atoms with E-state index in [2.05, 4.69) is 0 Å². The third-order valence-electron chi connectivity index (χ3n) is 3.31. The lowest BCUT2D eigenvalue weighted by atomic mass is 10.1. The average Bonchev–Trinajstić information content (AvgIpc) is 2.81. The number of carbonyl (C=O) groups is 3. The fourth-order valence-corrected chi connectivity index (χ4v) is 2.21. The summed E-state index contributed by atoms with van der Waals surface area (Å²) in [6.45, 7) is 0. The molecule has 0 bridgehead atoms. The number of nitrogens with zero attached hydrogens (tertiary/aromatic N) is 1. The van der Waals surface area contributed by atoms with Crippen molar-refractivity contribution in [3.05, 3.63) is 40.0 Å². The Morgan fingerprint density at radius 1 is 1.18 bits per heavy atom. The molecule has 2 aromatic rings. The number of hydrogen-bond acceptors (Lipinski definition) is 6. The van der Waals surface area contributed by atoms with Crippen molar-refractivity contribution in [2.75, 3.05) is 0 Å². The third-order valence-corrected chi connectivity index (χ3v) is 3.31. The average molecular weight is 305 g/mol. The van der Waals surface area contributed by atoms with Gasteiger partial charge in [0.2, 0.25) is 17.6 Å². The van der Waals surface area contributed by atoms with E-state index in [9.17, 15) is 28.7 Å². The molecule has 1 saturated heterocycles. The molecule has 3 rings (SSSR count). The Morgan fingerprint density at radius 3 is 2.45 bits per heavy atom. The van der Waals surface area contributed by atoms with Crippen LogP contribution >= 0.6 is 0 Å². The Hall–Kier alpha value is -3.03. The second-order valence-corrected chi connectivity index (χ2v) is 4.69. The first-order valence-corrected chi connectivity index (χ1v) is 6.25. The van der Waals surface area contributed by atoms with E-state index in [1.54, 1.807) is 0 Å². The summed E-state index contributed by atoms with van der Waals surface area (Å²) < 4.78 is 18.3. The van der Waals surface area contributed by atoms with Gasteiger partial charge in [0.25, 0.3) is 5.91 Å². The predicted octanol–water partition coefficient (Wildman–Crippen LogP) is 0.927. The Kier molecular flexibility index (Phi) is 3.01. The minimum absolute atomic E-state index is 0.0392. The number of hydrogen-bond donors (Lipinski definition) is 1. The summed E-state index contributed by atoms with van der Waals surface area (Å²) >= 11 is 0. The number of fused-ring (bicyclic) bond motifs is 1. The molecule has 1 aromatic heterocycles. The molecule has 0 aliphatic carbocycles. The Morgan fingerprint density at radius 2 is 1.82 bits per heavy atom. The Labute approximate surface area is 121 Å². The van der Waals surface area contributed by atoms with E-state index in [4.69, 9.17) is 4.42 Å².